The fourth-order valence-electron chi connectivity index (χ4n) is 3.02. The van der Waals surface area contributed by atoms with Gasteiger partial charge < -0.3 is 9.84 Å². The van der Waals surface area contributed by atoms with E-state index >= 15 is 0 Å². The standard InChI is InChI=1S/C11H18O3/c1-6(2)10(11(12)13)8-5-7-3-4-9(8)14-7/h6-10H,3-5H2,1-2H3,(H,12,13). The number of fused-ring (bicyclic) bond motifs is 2. The summed E-state index contributed by atoms with van der Waals surface area (Å²) < 4.78 is 5.70. The third kappa shape index (κ3) is 1.54. The van der Waals surface area contributed by atoms with Crippen LogP contribution in [-0.2, 0) is 9.53 Å². The third-order valence-corrected chi connectivity index (χ3v) is 3.62. The summed E-state index contributed by atoms with van der Waals surface area (Å²) in [5.74, 6) is -0.404. The number of aliphatic carboxylic acids is 1. The number of ether oxygens (including phenoxy) is 1. The molecule has 0 aromatic carbocycles. The average molecular weight is 198 g/mol. The Morgan fingerprint density at radius 3 is 2.50 bits per heavy atom. The van der Waals surface area contributed by atoms with E-state index in [-0.39, 0.29) is 23.9 Å². The zero-order chi connectivity index (χ0) is 10.3. The predicted molar refractivity (Wildman–Crippen MR) is 52.0 cm³/mol. The molecule has 0 spiro atoms. The van der Waals surface area contributed by atoms with E-state index in [1.165, 1.54) is 0 Å². The van der Waals surface area contributed by atoms with Crippen molar-refractivity contribution in [2.24, 2.45) is 17.8 Å². The van der Waals surface area contributed by atoms with Crippen LogP contribution in [0.15, 0.2) is 0 Å². The highest BCUT2D eigenvalue weighted by Crippen LogP contribution is 2.44. The molecule has 2 aliphatic heterocycles. The normalized spacial score (nSPS) is 37.8. The maximum atomic E-state index is 11.1. The van der Waals surface area contributed by atoms with E-state index in [2.05, 4.69) is 0 Å². The van der Waals surface area contributed by atoms with Crippen LogP contribution in [-0.4, -0.2) is 23.3 Å². The maximum absolute atomic E-state index is 11.1. The van der Waals surface area contributed by atoms with E-state index in [9.17, 15) is 9.90 Å². The van der Waals surface area contributed by atoms with E-state index in [1.54, 1.807) is 0 Å². The van der Waals surface area contributed by atoms with E-state index in [0.717, 1.165) is 19.3 Å². The average Bonchev–Trinajstić information content (AvgIpc) is 2.63. The highest BCUT2D eigenvalue weighted by Gasteiger charge is 2.47. The number of carboxylic acid groups (broad SMARTS) is 1. The highest BCUT2D eigenvalue weighted by atomic mass is 16.5. The van der Waals surface area contributed by atoms with Crippen LogP contribution >= 0.6 is 0 Å². The molecule has 2 bridgehead atoms. The summed E-state index contributed by atoms with van der Waals surface area (Å²) in [7, 11) is 0. The molecule has 0 aromatic heterocycles. The van der Waals surface area contributed by atoms with Crippen LogP contribution in [0.3, 0.4) is 0 Å². The van der Waals surface area contributed by atoms with Gasteiger partial charge in [-0.25, -0.2) is 0 Å². The molecule has 0 amide bonds. The first kappa shape index (κ1) is 9.97. The van der Waals surface area contributed by atoms with Crippen LogP contribution in [0.25, 0.3) is 0 Å². The van der Waals surface area contributed by atoms with Crippen molar-refractivity contribution in [3.05, 3.63) is 0 Å². The van der Waals surface area contributed by atoms with Crippen LogP contribution in [0.1, 0.15) is 33.1 Å². The summed E-state index contributed by atoms with van der Waals surface area (Å²) in [4.78, 5) is 11.1. The van der Waals surface area contributed by atoms with Crippen molar-refractivity contribution in [3.8, 4) is 0 Å². The lowest BCUT2D eigenvalue weighted by Crippen LogP contribution is -2.34. The Morgan fingerprint density at radius 2 is 2.14 bits per heavy atom. The lowest BCUT2D eigenvalue weighted by molar-refractivity contribution is -0.146. The predicted octanol–water partition coefficient (Wildman–Crippen LogP) is 1.91. The zero-order valence-electron chi connectivity index (χ0n) is 8.77. The van der Waals surface area contributed by atoms with Crippen molar-refractivity contribution in [1.82, 2.24) is 0 Å². The molecule has 4 unspecified atom stereocenters. The largest absolute Gasteiger partial charge is 0.481 e. The molecule has 0 saturated carbocycles. The Morgan fingerprint density at radius 1 is 1.43 bits per heavy atom. The Balaban J connectivity index is 2.09. The molecule has 2 rings (SSSR count). The molecule has 2 heterocycles. The molecule has 0 aromatic rings. The summed E-state index contributed by atoms with van der Waals surface area (Å²) in [5, 5.41) is 9.18. The van der Waals surface area contributed by atoms with Gasteiger partial charge in [-0.15, -0.1) is 0 Å². The molecule has 80 valence electrons. The lowest BCUT2D eigenvalue weighted by Gasteiger charge is -2.27. The first-order valence-corrected chi connectivity index (χ1v) is 5.48. The van der Waals surface area contributed by atoms with Gasteiger partial charge in [0.25, 0.3) is 0 Å². The van der Waals surface area contributed by atoms with Crippen molar-refractivity contribution in [2.75, 3.05) is 0 Å². The number of hydrogen-bond acceptors (Lipinski definition) is 2. The van der Waals surface area contributed by atoms with Gasteiger partial charge in [-0.1, -0.05) is 13.8 Å². The molecule has 0 aliphatic carbocycles. The van der Waals surface area contributed by atoms with Gasteiger partial charge in [0.05, 0.1) is 18.1 Å². The van der Waals surface area contributed by atoms with Crippen molar-refractivity contribution in [1.29, 1.82) is 0 Å². The minimum absolute atomic E-state index is 0.209. The zero-order valence-corrected chi connectivity index (χ0v) is 8.77. The molecular formula is C11H18O3. The molecule has 14 heavy (non-hydrogen) atoms. The fourth-order valence-corrected chi connectivity index (χ4v) is 3.02. The molecule has 1 N–H and O–H groups in total. The maximum Gasteiger partial charge on any atom is 0.307 e. The Kier molecular flexibility index (Phi) is 2.52. The second-order valence-electron chi connectivity index (χ2n) is 4.88. The minimum Gasteiger partial charge on any atom is -0.481 e. The van der Waals surface area contributed by atoms with Gasteiger partial charge in [0.1, 0.15) is 0 Å². The van der Waals surface area contributed by atoms with E-state index < -0.39 is 5.97 Å². The summed E-state index contributed by atoms with van der Waals surface area (Å²) in [6.45, 7) is 3.98. The van der Waals surface area contributed by atoms with Gasteiger partial charge in [-0.05, 0) is 25.2 Å². The van der Waals surface area contributed by atoms with Gasteiger partial charge in [0.2, 0.25) is 0 Å². The molecular weight excluding hydrogens is 180 g/mol. The Labute approximate surface area is 84.4 Å². The van der Waals surface area contributed by atoms with Crippen LogP contribution in [0.4, 0.5) is 0 Å². The molecule has 2 fully saturated rings. The lowest BCUT2D eigenvalue weighted by atomic mass is 9.75. The van der Waals surface area contributed by atoms with E-state index in [1.807, 2.05) is 13.8 Å². The number of rotatable bonds is 3. The Bertz CT molecular complexity index is 237. The monoisotopic (exact) mass is 198 g/mol. The van der Waals surface area contributed by atoms with Crippen molar-refractivity contribution in [2.45, 2.75) is 45.3 Å². The molecule has 3 nitrogen and oxygen atoms in total. The molecule has 2 saturated heterocycles. The minimum atomic E-state index is -0.652. The van der Waals surface area contributed by atoms with Crippen molar-refractivity contribution < 1.29 is 14.6 Å². The summed E-state index contributed by atoms with van der Waals surface area (Å²) in [6, 6.07) is 0. The van der Waals surface area contributed by atoms with Gasteiger partial charge in [-0.3, -0.25) is 4.79 Å². The van der Waals surface area contributed by atoms with Crippen LogP contribution in [0, 0.1) is 17.8 Å². The van der Waals surface area contributed by atoms with Crippen LogP contribution < -0.4 is 0 Å². The van der Waals surface area contributed by atoms with Crippen LogP contribution in [0.2, 0.25) is 0 Å². The fraction of sp³-hybridized carbons (Fsp3) is 0.909. The van der Waals surface area contributed by atoms with Gasteiger partial charge in [0, 0.05) is 5.92 Å². The number of carboxylic acids is 1. The van der Waals surface area contributed by atoms with E-state index in [4.69, 9.17) is 4.74 Å². The first-order chi connectivity index (χ1) is 6.59. The first-order valence-electron chi connectivity index (χ1n) is 5.48. The van der Waals surface area contributed by atoms with Crippen molar-refractivity contribution in [3.63, 3.8) is 0 Å². The van der Waals surface area contributed by atoms with Gasteiger partial charge in [-0.2, -0.15) is 0 Å². The summed E-state index contributed by atoms with van der Waals surface area (Å²) in [5.41, 5.74) is 0. The van der Waals surface area contributed by atoms with Gasteiger partial charge in [0.15, 0.2) is 0 Å². The molecule has 4 atom stereocenters. The van der Waals surface area contributed by atoms with E-state index in [0.29, 0.717) is 6.10 Å². The number of carbonyl (C=O) groups is 1. The molecule has 0 radical (unpaired) electrons. The smallest absolute Gasteiger partial charge is 0.307 e. The second kappa shape index (κ2) is 3.54. The topological polar surface area (TPSA) is 46.5 Å². The van der Waals surface area contributed by atoms with Crippen molar-refractivity contribution >= 4 is 5.97 Å². The summed E-state index contributed by atoms with van der Waals surface area (Å²) in [6.07, 6.45) is 3.73. The highest BCUT2D eigenvalue weighted by molar-refractivity contribution is 5.70. The summed E-state index contributed by atoms with van der Waals surface area (Å²) >= 11 is 0. The Hall–Kier alpha value is -0.570. The second-order valence-corrected chi connectivity index (χ2v) is 4.88. The third-order valence-electron chi connectivity index (χ3n) is 3.62. The molecule has 2 aliphatic rings. The number of hydrogen-bond donors (Lipinski definition) is 1. The van der Waals surface area contributed by atoms with Crippen LogP contribution in [0.5, 0.6) is 0 Å². The molecule has 3 heteroatoms. The quantitative estimate of drug-likeness (QED) is 0.753. The van der Waals surface area contributed by atoms with Gasteiger partial charge >= 0.3 is 5.97 Å². The SMILES string of the molecule is CC(C)C(C(=O)O)C1CC2CCC1O2.